The van der Waals surface area contributed by atoms with Crippen LogP contribution in [0.4, 0.5) is 0 Å². The van der Waals surface area contributed by atoms with Gasteiger partial charge in [-0.1, -0.05) is 12.2 Å². The maximum atomic E-state index is 5.85. The first-order valence-electron chi connectivity index (χ1n) is 8.95. The van der Waals surface area contributed by atoms with E-state index in [1.54, 1.807) is 0 Å². The summed E-state index contributed by atoms with van der Waals surface area (Å²) < 4.78 is 28.4. The van der Waals surface area contributed by atoms with E-state index in [2.05, 4.69) is 19.1 Å². The Hall–Kier alpha value is -0.243. The molecule has 136 valence electrons. The number of rotatable bonds is 15. The zero-order chi connectivity index (χ0) is 17.0. The molecule has 1 saturated heterocycles. The zero-order valence-electron chi connectivity index (χ0n) is 15.2. The molecule has 2 atom stereocenters. The summed E-state index contributed by atoms with van der Waals surface area (Å²) >= 11 is 0. The first-order chi connectivity index (χ1) is 11.2. The van der Waals surface area contributed by atoms with Crippen LogP contribution < -0.4 is 0 Å². The third kappa shape index (κ3) is 9.59. The van der Waals surface area contributed by atoms with Crippen LogP contribution in [-0.4, -0.2) is 54.0 Å². The van der Waals surface area contributed by atoms with Crippen LogP contribution in [0.25, 0.3) is 0 Å². The van der Waals surface area contributed by atoms with Gasteiger partial charge in [0.1, 0.15) is 6.10 Å². The first kappa shape index (κ1) is 20.8. The molecule has 0 radical (unpaired) electrons. The highest BCUT2D eigenvalue weighted by atomic mass is 28.4. The van der Waals surface area contributed by atoms with Crippen LogP contribution in [0, 0.1) is 0 Å². The van der Waals surface area contributed by atoms with Crippen molar-refractivity contribution in [2.24, 2.45) is 0 Å². The lowest BCUT2D eigenvalue weighted by Crippen LogP contribution is -2.45. The van der Waals surface area contributed by atoms with Crippen molar-refractivity contribution in [2.75, 3.05) is 33.0 Å². The Morgan fingerprint density at radius 2 is 1.70 bits per heavy atom. The van der Waals surface area contributed by atoms with Crippen LogP contribution in [0.5, 0.6) is 0 Å². The van der Waals surface area contributed by atoms with E-state index in [0.29, 0.717) is 25.9 Å². The van der Waals surface area contributed by atoms with E-state index in [1.807, 2.05) is 20.8 Å². The number of hydrogen-bond donors (Lipinski definition) is 0. The summed E-state index contributed by atoms with van der Waals surface area (Å²) in [5, 5.41) is 0. The normalized spacial score (nSPS) is 19.4. The molecule has 1 aliphatic rings. The van der Waals surface area contributed by atoms with Crippen molar-refractivity contribution in [2.45, 2.75) is 65.2 Å². The second kappa shape index (κ2) is 12.2. The van der Waals surface area contributed by atoms with Crippen molar-refractivity contribution in [3.8, 4) is 0 Å². The number of ether oxygens (including phenoxy) is 2. The highest BCUT2D eigenvalue weighted by Gasteiger charge is 2.39. The van der Waals surface area contributed by atoms with Gasteiger partial charge in [0, 0.05) is 25.9 Å². The van der Waals surface area contributed by atoms with Gasteiger partial charge in [-0.25, -0.2) is 0 Å². The molecule has 0 saturated carbocycles. The number of unbranched alkanes of at least 4 members (excludes halogenated alkanes) is 1. The SMILES string of the molecule is CCO[Si](CCCC=CCC(C)OCC1CO1)(OCC)OCC. The smallest absolute Gasteiger partial charge is 0.375 e. The van der Waals surface area contributed by atoms with Crippen LogP contribution >= 0.6 is 0 Å². The third-order valence-corrected chi connectivity index (χ3v) is 6.70. The van der Waals surface area contributed by atoms with Gasteiger partial charge in [-0.05, 0) is 47.0 Å². The highest BCUT2D eigenvalue weighted by Crippen LogP contribution is 2.19. The molecule has 0 N–H and O–H groups in total. The molecule has 23 heavy (non-hydrogen) atoms. The average molecular weight is 347 g/mol. The molecule has 1 fully saturated rings. The predicted molar refractivity (Wildman–Crippen MR) is 93.6 cm³/mol. The minimum Gasteiger partial charge on any atom is -0.375 e. The molecule has 0 spiro atoms. The van der Waals surface area contributed by atoms with Gasteiger partial charge in [-0.15, -0.1) is 0 Å². The van der Waals surface area contributed by atoms with Crippen molar-refractivity contribution in [3.05, 3.63) is 12.2 Å². The lowest BCUT2D eigenvalue weighted by atomic mass is 10.2. The zero-order valence-corrected chi connectivity index (χ0v) is 16.2. The van der Waals surface area contributed by atoms with Crippen LogP contribution in [0.1, 0.15) is 47.0 Å². The Kier molecular flexibility index (Phi) is 11.0. The summed E-state index contributed by atoms with van der Waals surface area (Å²) in [5.74, 6) is 0. The van der Waals surface area contributed by atoms with Gasteiger partial charge in [0.05, 0.1) is 19.3 Å². The number of allylic oxidation sites excluding steroid dienone is 1. The molecular weight excluding hydrogens is 312 g/mol. The van der Waals surface area contributed by atoms with Gasteiger partial charge in [0.25, 0.3) is 0 Å². The molecule has 0 amide bonds. The van der Waals surface area contributed by atoms with Crippen LogP contribution in [-0.2, 0) is 22.8 Å². The maximum absolute atomic E-state index is 5.85. The Bertz CT molecular complexity index is 303. The molecule has 1 aliphatic heterocycles. The van der Waals surface area contributed by atoms with E-state index < -0.39 is 8.80 Å². The van der Waals surface area contributed by atoms with Crippen molar-refractivity contribution in [1.29, 1.82) is 0 Å². The molecule has 0 aromatic heterocycles. The van der Waals surface area contributed by atoms with E-state index in [0.717, 1.165) is 38.5 Å². The summed E-state index contributed by atoms with van der Waals surface area (Å²) in [6, 6.07) is 0.873. The lowest BCUT2D eigenvalue weighted by molar-refractivity contribution is 0.0564. The number of hydrogen-bond acceptors (Lipinski definition) is 5. The third-order valence-electron chi connectivity index (χ3n) is 3.55. The van der Waals surface area contributed by atoms with Crippen LogP contribution in [0.2, 0.25) is 6.04 Å². The Balaban J connectivity index is 2.19. The number of epoxide rings is 1. The fourth-order valence-electron chi connectivity index (χ4n) is 2.35. The minimum atomic E-state index is -2.47. The minimum absolute atomic E-state index is 0.249. The summed E-state index contributed by atoms with van der Waals surface area (Å²) in [5.41, 5.74) is 0. The Morgan fingerprint density at radius 1 is 1.09 bits per heavy atom. The molecule has 0 aliphatic carbocycles. The second-order valence-corrected chi connectivity index (χ2v) is 8.41. The summed E-state index contributed by atoms with van der Waals surface area (Å²) in [6.45, 7) is 11.6. The van der Waals surface area contributed by atoms with E-state index in [4.69, 9.17) is 22.8 Å². The van der Waals surface area contributed by atoms with E-state index >= 15 is 0 Å². The molecule has 0 aromatic rings. The van der Waals surface area contributed by atoms with Crippen molar-refractivity contribution in [1.82, 2.24) is 0 Å². The van der Waals surface area contributed by atoms with Gasteiger partial charge in [-0.2, -0.15) is 0 Å². The van der Waals surface area contributed by atoms with E-state index in [9.17, 15) is 0 Å². The van der Waals surface area contributed by atoms with E-state index in [-0.39, 0.29) is 6.10 Å². The van der Waals surface area contributed by atoms with Crippen molar-refractivity contribution < 1.29 is 22.8 Å². The van der Waals surface area contributed by atoms with Crippen molar-refractivity contribution >= 4 is 8.80 Å². The quantitative estimate of drug-likeness (QED) is 0.196. The molecule has 2 unspecified atom stereocenters. The summed E-state index contributed by atoms with van der Waals surface area (Å²) in [4.78, 5) is 0. The second-order valence-electron chi connectivity index (χ2n) is 5.68. The van der Waals surface area contributed by atoms with Gasteiger partial charge in [0.15, 0.2) is 0 Å². The molecule has 1 rings (SSSR count). The lowest BCUT2D eigenvalue weighted by Gasteiger charge is -2.28. The first-order valence-corrected chi connectivity index (χ1v) is 10.9. The van der Waals surface area contributed by atoms with Gasteiger partial charge in [0.2, 0.25) is 0 Å². The van der Waals surface area contributed by atoms with Crippen molar-refractivity contribution in [3.63, 3.8) is 0 Å². The largest absolute Gasteiger partial charge is 0.500 e. The van der Waals surface area contributed by atoms with Gasteiger partial charge in [-0.3, -0.25) is 0 Å². The monoisotopic (exact) mass is 346 g/mol. The predicted octanol–water partition coefficient (Wildman–Crippen LogP) is 3.57. The summed E-state index contributed by atoms with van der Waals surface area (Å²) in [6.07, 6.45) is 7.99. The molecular formula is C17H34O5Si. The molecule has 6 heteroatoms. The van der Waals surface area contributed by atoms with Gasteiger partial charge < -0.3 is 22.8 Å². The van der Waals surface area contributed by atoms with E-state index in [1.165, 1.54) is 0 Å². The highest BCUT2D eigenvalue weighted by molar-refractivity contribution is 6.60. The summed E-state index contributed by atoms with van der Waals surface area (Å²) in [7, 11) is -2.47. The van der Waals surface area contributed by atoms with Crippen LogP contribution in [0.15, 0.2) is 12.2 Å². The molecule has 0 bridgehead atoms. The Morgan fingerprint density at radius 3 is 2.22 bits per heavy atom. The fraction of sp³-hybridized carbons (Fsp3) is 0.882. The molecule has 5 nitrogen and oxygen atoms in total. The fourth-order valence-corrected chi connectivity index (χ4v) is 4.99. The van der Waals surface area contributed by atoms with Gasteiger partial charge >= 0.3 is 8.80 Å². The maximum Gasteiger partial charge on any atom is 0.500 e. The topological polar surface area (TPSA) is 49.5 Å². The molecule has 0 aromatic carbocycles. The van der Waals surface area contributed by atoms with Crippen LogP contribution in [0.3, 0.4) is 0 Å². The standard InChI is InChI=1S/C17H34O5Si/c1-5-20-23(21-6-2,22-7-3)13-11-9-8-10-12-16(4)18-14-17-15-19-17/h8,10,16-17H,5-7,9,11-15H2,1-4H3. The average Bonchev–Trinajstić information content (AvgIpc) is 3.34. The Labute approximate surface area is 142 Å². The molecule has 1 heterocycles.